The van der Waals surface area contributed by atoms with Gasteiger partial charge >= 0.3 is 0 Å². The minimum absolute atomic E-state index is 0.836. The Morgan fingerprint density at radius 3 is 0.852 bits per heavy atom. The topological polar surface area (TPSA) is 170 Å². The summed E-state index contributed by atoms with van der Waals surface area (Å²) < 4.78 is 5.26. The number of hydrogen-bond acceptors (Lipinski definition) is 21. The summed E-state index contributed by atoms with van der Waals surface area (Å²) in [4.78, 5) is 59.0. The summed E-state index contributed by atoms with van der Waals surface area (Å²) in [7, 11) is 8.15. The average molecular weight is 1630 g/mol. The van der Waals surface area contributed by atoms with Crippen LogP contribution in [0.1, 0.15) is 37.7 Å². The van der Waals surface area contributed by atoms with Gasteiger partial charge in [-0.25, -0.2) is 0 Å². The number of nitrogens with zero attached hydrogens (tertiary/aromatic N) is 19. The normalized spacial score (nSPS) is 13.7. The van der Waals surface area contributed by atoms with Crippen LogP contribution in [0, 0.1) is 0 Å². The third kappa shape index (κ3) is 30.9. The molecule has 0 amide bonds. The number of nitrogens with one attached hydrogen (secondary N) is 1. The van der Waals surface area contributed by atoms with Gasteiger partial charge in [-0.15, -0.1) is 0 Å². The Morgan fingerprint density at radius 1 is 0.246 bits per heavy atom. The fourth-order valence-corrected chi connectivity index (χ4v) is 14.2. The van der Waals surface area contributed by atoms with Gasteiger partial charge in [0.1, 0.15) is 0 Å². The van der Waals surface area contributed by atoms with Gasteiger partial charge in [-0.3, -0.25) is 44.9 Å². The molecule has 21 nitrogen and oxygen atoms in total. The summed E-state index contributed by atoms with van der Waals surface area (Å²) in [5, 5.41) is 3.33. The van der Waals surface area contributed by atoms with Crippen molar-refractivity contribution in [1.29, 1.82) is 0 Å². The van der Waals surface area contributed by atoms with E-state index in [9.17, 15) is 0 Å². The molecule has 5 saturated heterocycles. The van der Waals surface area contributed by atoms with E-state index < -0.39 is 0 Å². The van der Waals surface area contributed by atoms with Crippen LogP contribution in [0.2, 0.25) is 0 Å². The maximum Gasteiger partial charge on any atom is 0.0642 e. The fraction of sp³-hybridized carbons (Fsp3) is 0.257. The zero-order chi connectivity index (χ0) is 84.3. The number of morpholine rings is 1. The van der Waals surface area contributed by atoms with Crippen LogP contribution in [0.5, 0.6) is 0 Å². The van der Waals surface area contributed by atoms with Gasteiger partial charge in [0.2, 0.25) is 0 Å². The molecular formula is C101H118N20O. The lowest BCUT2D eigenvalue weighted by molar-refractivity contribution is 0.122. The number of benzene rings is 5. The minimum atomic E-state index is 0.836. The quantitative estimate of drug-likeness (QED) is 0.103. The SMILES string of the molecule is CN(C)c1ccncc1.CN(Cc1ccccc1)c1ccncc1.CN(c1ccccc1)c1ccncc1.c1cc(N2CCCC2)ccn1.c1cc(N2CCCCC2)ccn1.c1cc(N2CCNCC2)ccn1.c1cc(N2CCOCC2)ccn1.c1ccc(N(c2ccccc2)c2ccncc2)cc1.c1ccc(N2CCN(c3ccncc3)CC2)cc1. The summed E-state index contributed by atoms with van der Waals surface area (Å²) in [6.45, 7) is 18.1. The number of anilines is 13. The van der Waals surface area contributed by atoms with Crippen molar-refractivity contribution in [1.82, 2.24) is 50.2 Å². The van der Waals surface area contributed by atoms with Gasteiger partial charge in [0.15, 0.2) is 0 Å². The highest BCUT2D eigenvalue weighted by atomic mass is 16.5. The van der Waals surface area contributed by atoms with Crippen molar-refractivity contribution in [3.05, 3.63) is 378 Å². The molecule has 0 radical (unpaired) electrons. The summed E-state index contributed by atoms with van der Waals surface area (Å²) in [6, 6.07) is 88.7. The molecule has 5 aliphatic heterocycles. The van der Waals surface area contributed by atoms with Crippen LogP contribution in [-0.4, -0.2) is 178 Å². The lowest BCUT2D eigenvalue weighted by Crippen LogP contribution is -2.46. The van der Waals surface area contributed by atoms with Crippen LogP contribution in [0.3, 0.4) is 0 Å². The second kappa shape index (κ2) is 52.3. The van der Waals surface area contributed by atoms with Crippen LogP contribution in [0.4, 0.5) is 73.9 Å². The molecule has 14 aromatic rings. The van der Waals surface area contributed by atoms with Crippen molar-refractivity contribution in [3.8, 4) is 0 Å². The Balaban J connectivity index is 0.000000135. The molecule has 0 unspecified atom stereocenters. The Morgan fingerprint density at radius 2 is 0.500 bits per heavy atom. The predicted molar refractivity (Wildman–Crippen MR) is 507 cm³/mol. The Labute approximate surface area is 723 Å². The number of piperazine rings is 2. The first-order valence-electron chi connectivity index (χ1n) is 42.3. The lowest BCUT2D eigenvalue weighted by Gasteiger charge is -2.37. The Kier molecular flexibility index (Phi) is 38.2. The van der Waals surface area contributed by atoms with Crippen LogP contribution >= 0.6 is 0 Å². The number of rotatable bonds is 15. The molecule has 0 spiro atoms. The maximum absolute atomic E-state index is 5.26. The maximum atomic E-state index is 5.26. The number of aromatic nitrogens is 9. The van der Waals surface area contributed by atoms with Crippen molar-refractivity contribution < 1.29 is 4.74 Å². The van der Waals surface area contributed by atoms with E-state index in [4.69, 9.17) is 4.74 Å². The molecule has 5 fully saturated rings. The number of piperidine rings is 1. The predicted octanol–water partition coefficient (Wildman–Crippen LogP) is 18.8. The molecule has 628 valence electrons. The molecule has 1 N–H and O–H groups in total. The minimum Gasteiger partial charge on any atom is -0.378 e. The second-order valence-corrected chi connectivity index (χ2v) is 29.4. The van der Waals surface area contributed by atoms with E-state index in [1.54, 1.807) is 24.8 Å². The van der Waals surface area contributed by atoms with E-state index in [-0.39, 0.29) is 0 Å². The number of pyridine rings is 9. The molecule has 0 saturated carbocycles. The van der Waals surface area contributed by atoms with Crippen LogP contribution < -0.4 is 54.3 Å². The summed E-state index contributed by atoms with van der Waals surface area (Å²) in [5.41, 5.74) is 17.2. The van der Waals surface area contributed by atoms with Crippen molar-refractivity contribution in [2.45, 2.75) is 38.6 Å². The van der Waals surface area contributed by atoms with Gasteiger partial charge in [0.05, 0.1) is 13.2 Å². The standard InChI is InChI=1S/C17H14N2.C15H17N3.C13H14N2.C12H12N2.C10H14N2.C9H13N3.C9H12N2O.C9H12N2.C7H10N2/c1-3-7-15(8-4-1)19(16-9-5-2-6-10-16)17-11-13-18-14-12-17;1-2-4-14(5-3-1)17-10-12-18(13-11-17)15-6-8-16-9-7-15;1-15(13-7-9-14-10-8-13)11-12-5-3-2-4-6-12;1-14(11-5-3-2-4-6-11)12-7-9-13-10-8-12;1-2-8-12(9-3-1)10-4-6-11-7-5-10;1-3-10-4-2-9(1)12-7-5-11-6-8-12;1-3-10-4-2-9(1)11-5-7-12-8-6-11;1-2-8-11(7-1)9-3-5-10-6-4-9;1-9(2)7-3-5-8-6-4-7/h1-14H;1-9H,10-13H2;2-10H,11H2,1H3;2-10H,1H3;4-7H,1-3,8-9H2;1-4,11H,5-8H2;1-4H,5-8H2;3-6H,1-2,7-8H2;3-6H,1-2H3. The third-order valence-corrected chi connectivity index (χ3v) is 20.8. The van der Waals surface area contributed by atoms with E-state index in [0.717, 1.165) is 108 Å². The molecular weight excluding hydrogens is 1510 g/mol. The summed E-state index contributed by atoms with van der Waals surface area (Å²) in [6.07, 6.45) is 39.7. The van der Waals surface area contributed by atoms with Crippen molar-refractivity contribution in [2.75, 3.05) is 182 Å². The van der Waals surface area contributed by atoms with Gasteiger partial charge < -0.3 is 59.1 Å². The molecule has 122 heavy (non-hydrogen) atoms. The highest BCUT2D eigenvalue weighted by Crippen LogP contribution is 2.34. The van der Waals surface area contributed by atoms with Gasteiger partial charge in [-0.05, 0) is 195 Å². The van der Waals surface area contributed by atoms with E-state index in [0.29, 0.717) is 0 Å². The van der Waals surface area contributed by atoms with E-state index in [2.05, 4.69) is 241 Å². The highest BCUT2D eigenvalue weighted by Gasteiger charge is 2.19. The van der Waals surface area contributed by atoms with Gasteiger partial charge in [0.25, 0.3) is 0 Å². The highest BCUT2D eigenvalue weighted by molar-refractivity contribution is 5.76. The monoisotopic (exact) mass is 1630 g/mol. The van der Waals surface area contributed by atoms with Crippen molar-refractivity contribution in [3.63, 3.8) is 0 Å². The smallest absolute Gasteiger partial charge is 0.0642 e. The fourth-order valence-electron chi connectivity index (χ4n) is 14.2. The molecule has 0 atom stereocenters. The summed E-state index contributed by atoms with van der Waals surface area (Å²) >= 11 is 0. The van der Waals surface area contributed by atoms with Crippen LogP contribution in [0.15, 0.2) is 372 Å². The molecule has 19 rings (SSSR count). The molecule has 0 bridgehead atoms. The molecule has 5 aromatic carbocycles. The van der Waals surface area contributed by atoms with E-state index in [1.165, 1.54) is 115 Å². The van der Waals surface area contributed by atoms with Gasteiger partial charge in [-0.1, -0.05) is 103 Å². The molecule has 5 aliphatic rings. The Bertz CT molecular complexity index is 4600. The average Bonchev–Trinajstić information content (AvgIpc) is 0.883. The first-order valence-corrected chi connectivity index (χ1v) is 42.3. The zero-order valence-electron chi connectivity index (χ0n) is 71.2. The Hall–Kier alpha value is -13.6. The molecule has 0 aliphatic carbocycles. The number of ether oxygens (including phenoxy) is 1. The van der Waals surface area contributed by atoms with Gasteiger partial charge in [-0.2, -0.15) is 0 Å². The van der Waals surface area contributed by atoms with Crippen LogP contribution in [-0.2, 0) is 11.3 Å². The molecule has 14 heterocycles. The van der Waals surface area contributed by atoms with E-state index >= 15 is 0 Å². The van der Waals surface area contributed by atoms with E-state index in [1.807, 2.05) is 234 Å². The largest absolute Gasteiger partial charge is 0.378 e. The first-order chi connectivity index (χ1) is 60.3. The molecule has 9 aromatic heterocycles. The van der Waals surface area contributed by atoms with Crippen molar-refractivity contribution >= 4 is 73.9 Å². The van der Waals surface area contributed by atoms with Crippen LogP contribution in [0.25, 0.3) is 0 Å². The summed E-state index contributed by atoms with van der Waals surface area (Å²) in [5.74, 6) is 0. The second-order valence-electron chi connectivity index (χ2n) is 29.4. The number of para-hydroxylation sites is 4. The molecule has 21 heteroatoms. The number of hydrogen-bond donors (Lipinski definition) is 1. The van der Waals surface area contributed by atoms with Gasteiger partial charge in [0, 0.05) is 312 Å². The lowest BCUT2D eigenvalue weighted by atomic mass is 10.1. The zero-order valence-corrected chi connectivity index (χ0v) is 71.2. The first kappa shape index (κ1) is 89.2. The third-order valence-electron chi connectivity index (χ3n) is 20.8. The van der Waals surface area contributed by atoms with Crippen molar-refractivity contribution in [2.24, 2.45) is 0 Å².